The van der Waals surface area contributed by atoms with Gasteiger partial charge in [-0.3, -0.25) is 9.48 Å². The zero-order valence-electron chi connectivity index (χ0n) is 20.7. The summed E-state index contributed by atoms with van der Waals surface area (Å²) in [4.78, 5) is 24.3. The molecule has 0 unspecified atom stereocenters. The average Bonchev–Trinajstić information content (AvgIpc) is 3.26. The highest BCUT2D eigenvalue weighted by Crippen LogP contribution is 2.38. The highest BCUT2D eigenvalue weighted by atomic mass is 19.4. The van der Waals surface area contributed by atoms with Crippen molar-refractivity contribution in [3.8, 4) is 17.3 Å². The summed E-state index contributed by atoms with van der Waals surface area (Å²) >= 11 is 0. The van der Waals surface area contributed by atoms with Crippen LogP contribution in [0.15, 0.2) is 41.7 Å². The normalized spacial score (nSPS) is 18.1. The number of pyridine rings is 2. The smallest absolute Gasteiger partial charge is 0.419 e. The molecule has 4 aromatic rings. The van der Waals surface area contributed by atoms with E-state index in [0.29, 0.717) is 55.5 Å². The maximum absolute atomic E-state index is 14.4. The Morgan fingerprint density at radius 1 is 1.13 bits per heavy atom. The third-order valence-electron chi connectivity index (χ3n) is 6.60. The Bertz CT molecular complexity index is 1520. The lowest BCUT2D eigenvalue weighted by molar-refractivity contribution is -0.140. The quantitative estimate of drug-likeness (QED) is 0.359. The summed E-state index contributed by atoms with van der Waals surface area (Å²) < 4.78 is 62.5. The molecule has 9 nitrogen and oxygen atoms in total. The lowest BCUT2D eigenvalue weighted by Gasteiger charge is -2.29. The first-order valence-corrected chi connectivity index (χ1v) is 12.2. The van der Waals surface area contributed by atoms with E-state index in [1.165, 1.54) is 10.8 Å². The minimum Gasteiger partial charge on any atom is -0.472 e. The largest absolute Gasteiger partial charge is 0.472 e. The minimum absolute atomic E-state index is 0.0465. The summed E-state index contributed by atoms with van der Waals surface area (Å²) in [6.07, 6.45) is 2.30. The van der Waals surface area contributed by atoms with Crippen LogP contribution in [0.5, 0.6) is 5.88 Å². The predicted molar refractivity (Wildman–Crippen MR) is 131 cm³/mol. The van der Waals surface area contributed by atoms with Crippen molar-refractivity contribution in [2.75, 3.05) is 11.9 Å². The van der Waals surface area contributed by atoms with Gasteiger partial charge in [-0.05, 0) is 38.7 Å². The van der Waals surface area contributed by atoms with Crippen molar-refractivity contribution in [1.82, 2.24) is 29.3 Å². The van der Waals surface area contributed by atoms with E-state index in [1.807, 2.05) is 17.7 Å². The lowest BCUT2D eigenvalue weighted by atomic mass is 9.93. The van der Waals surface area contributed by atoms with Crippen LogP contribution < -0.4 is 15.6 Å². The number of fused-ring (bicyclic) bond motifs is 1. The number of hydrogen-bond acceptors (Lipinski definition) is 7. The van der Waals surface area contributed by atoms with Gasteiger partial charge in [-0.25, -0.2) is 19.3 Å². The van der Waals surface area contributed by atoms with Crippen LogP contribution in [0.2, 0.25) is 0 Å². The fourth-order valence-corrected chi connectivity index (χ4v) is 4.69. The number of ether oxygens (including phenoxy) is 1. The molecule has 4 aromatic heterocycles. The molecule has 1 N–H and O–H groups in total. The maximum Gasteiger partial charge on any atom is 0.419 e. The van der Waals surface area contributed by atoms with E-state index in [2.05, 4.69) is 20.3 Å². The third-order valence-corrected chi connectivity index (χ3v) is 6.60. The maximum atomic E-state index is 14.4. The number of aryl methyl sites for hydroxylation is 1. The third kappa shape index (κ3) is 4.92. The molecule has 0 aromatic carbocycles. The van der Waals surface area contributed by atoms with E-state index in [4.69, 9.17) is 9.84 Å². The summed E-state index contributed by atoms with van der Waals surface area (Å²) in [5.41, 5.74) is 0.298. The van der Waals surface area contributed by atoms with Gasteiger partial charge in [0.05, 0.1) is 23.3 Å². The Balaban J connectivity index is 1.41. The topological polar surface area (TPSA) is 99.8 Å². The molecule has 0 radical (unpaired) electrons. The van der Waals surface area contributed by atoms with Gasteiger partial charge >= 0.3 is 6.18 Å². The van der Waals surface area contributed by atoms with E-state index < -0.39 is 29.5 Å². The van der Waals surface area contributed by atoms with Crippen molar-refractivity contribution in [3.63, 3.8) is 0 Å². The van der Waals surface area contributed by atoms with Crippen molar-refractivity contribution in [2.24, 2.45) is 7.05 Å². The number of aromatic nitrogens is 6. The number of rotatable bonds is 6. The van der Waals surface area contributed by atoms with Crippen LogP contribution in [0.3, 0.4) is 0 Å². The summed E-state index contributed by atoms with van der Waals surface area (Å²) in [6.45, 7) is 2.65. The number of nitrogens with one attached hydrogen (secondary N) is 1. The van der Waals surface area contributed by atoms with Crippen LogP contribution in [0.4, 0.5) is 23.4 Å². The van der Waals surface area contributed by atoms with Crippen molar-refractivity contribution >= 4 is 16.7 Å². The lowest BCUT2D eigenvalue weighted by Crippen LogP contribution is -2.27. The second kappa shape index (κ2) is 10.0. The van der Waals surface area contributed by atoms with E-state index in [1.54, 1.807) is 19.4 Å². The Kier molecular flexibility index (Phi) is 6.76. The van der Waals surface area contributed by atoms with Gasteiger partial charge in [0.2, 0.25) is 0 Å². The second-order valence-electron chi connectivity index (χ2n) is 9.16. The Hall–Kier alpha value is -4.03. The number of hydrogen-bond donors (Lipinski definition) is 1. The first kappa shape index (κ1) is 25.6. The summed E-state index contributed by atoms with van der Waals surface area (Å²) in [7, 11) is 1.64. The van der Waals surface area contributed by atoms with Crippen LogP contribution in [-0.2, 0) is 13.2 Å². The molecule has 4 heterocycles. The molecule has 1 aliphatic rings. The molecular formula is C25H25F4N7O2. The first-order valence-electron chi connectivity index (χ1n) is 12.2. The highest BCUT2D eigenvalue weighted by molar-refractivity contribution is 5.93. The number of halogens is 4. The van der Waals surface area contributed by atoms with Crippen molar-refractivity contribution in [3.05, 3.63) is 58.7 Å². The summed E-state index contributed by atoms with van der Waals surface area (Å²) in [5, 5.41) is 8.81. The van der Waals surface area contributed by atoms with E-state index in [-0.39, 0.29) is 11.6 Å². The van der Waals surface area contributed by atoms with Crippen LogP contribution >= 0.6 is 0 Å². The molecule has 200 valence electrons. The van der Waals surface area contributed by atoms with E-state index in [9.17, 15) is 22.4 Å². The molecular weight excluding hydrogens is 506 g/mol. The van der Waals surface area contributed by atoms with E-state index >= 15 is 0 Å². The molecule has 5 rings (SSSR count). The molecule has 0 saturated heterocycles. The summed E-state index contributed by atoms with van der Waals surface area (Å²) in [6, 6.07) is 2.45. The van der Waals surface area contributed by atoms with Crippen LogP contribution in [0.25, 0.3) is 22.3 Å². The van der Waals surface area contributed by atoms with Gasteiger partial charge < -0.3 is 14.6 Å². The number of alkyl halides is 3. The van der Waals surface area contributed by atoms with Gasteiger partial charge in [0.1, 0.15) is 23.3 Å². The standard InChI is InChI=1S/C25H25F4N7O2/c1-3-30-20-10-19-16(11-33-20)23(18-13-35(2)21(37)12-32-18)34-36(19)14-4-6-15(7-5-14)38-24-22(26)17(8-9-31-24)25(27,28)29/h8-15H,3-7H2,1-2H3,(H,30,33)/t14-,15+. The van der Waals surface area contributed by atoms with Gasteiger partial charge in [-0.2, -0.15) is 18.3 Å². The van der Waals surface area contributed by atoms with Crippen molar-refractivity contribution in [1.29, 1.82) is 0 Å². The van der Waals surface area contributed by atoms with Crippen molar-refractivity contribution < 1.29 is 22.3 Å². The zero-order valence-corrected chi connectivity index (χ0v) is 20.7. The molecule has 1 aliphatic carbocycles. The van der Waals surface area contributed by atoms with Gasteiger partial charge in [0.25, 0.3) is 11.4 Å². The van der Waals surface area contributed by atoms with Crippen molar-refractivity contribution in [2.45, 2.75) is 50.9 Å². The van der Waals surface area contributed by atoms with Crippen LogP contribution in [0.1, 0.15) is 44.2 Å². The second-order valence-corrected chi connectivity index (χ2v) is 9.16. The molecule has 1 fully saturated rings. The molecule has 0 atom stereocenters. The summed E-state index contributed by atoms with van der Waals surface area (Å²) in [5.74, 6) is -1.46. The monoisotopic (exact) mass is 531 g/mol. The minimum atomic E-state index is -4.83. The SMILES string of the molecule is CCNc1cc2c(cn1)c(-c1cn(C)c(=O)cn1)nn2[C@H]1CC[C@@H](Oc2nccc(C(F)(F)F)c2F)CC1. The van der Waals surface area contributed by atoms with Crippen LogP contribution in [-0.4, -0.2) is 41.9 Å². The van der Waals surface area contributed by atoms with E-state index in [0.717, 1.165) is 17.1 Å². The number of nitrogens with zero attached hydrogens (tertiary/aromatic N) is 6. The molecule has 1 saturated carbocycles. The fraction of sp³-hybridized carbons (Fsp3) is 0.400. The Morgan fingerprint density at radius 3 is 2.58 bits per heavy atom. The predicted octanol–water partition coefficient (Wildman–Crippen LogP) is 4.74. The zero-order chi connectivity index (χ0) is 27.0. The van der Waals surface area contributed by atoms with Gasteiger partial charge in [0.15, 0.2) is 5.82 Å². The first-order chi connectivity index (χ1) is 18.2. The van der Waals surface area contributed by atoms with Crippen LogP contribution in [0, 0.1) is 5.82 Å². The average molecular weight is 532 g/mol. The number of anilines is 1. The molecule has 0 amide bonds. The fourth-order valence-electron chi connectivity index (χ4n) is 4.69. The molecule has 0 aliphatic heterocycles. The Morgan fingerprint density at radius 2 is 1.89 bits per heavy atom. The van der Waals surface area contributed by atoms with Gasteiger partial charge in [-0.1, -0.05) is 0 Å². The molecule has 38 heavy (non-hydrogen) atoms. The van der Waals surface area contributed by atoms with Gasteiger partial charge in [-0.15, -0.1) is 0 Å². The highest BCUT2D eigenvalue weighted by Gasteiger charge is 2.36. The Labute approximate surface area is 214 Å². The molecule has 0 bridgehead atoms. The van der Waals surface area contributed by atoms with Gasteiger partial charge in [0, 0.05) is 43.6 Å². The molecule has 0 spiro atoms. The molecule has 13 heteroatoms.